The molecule has 3 heterocycles. The summed E-state index contributed by atoms with van der Waals surface area (Å²) in [5.41, 5.74) is 3.93. The summed E-state index contributed by atoms with van der Waals surface area (Å²) >= 11 is 0. The number of fused-ring (bicyclic) bond motifs is 1. The summed E-state index contributed by atoms with van der Waals surface area (Å²) in [6.45, 7) is 0. The first-order chi connectivity index (χ1) is 10.4. The lowest BCUT2D eigenvalue weighted by atomic mass is 9.72. The standard InChI is InChI=1S/C15H14NO.ClHO4/c17-14-9-13-10-5-1-2-6-11(10)15(14)12-7-3-4-8-16(12)13;2-1(3,4)5/h1-8,13-15,17H,9H2;(H,2,3,4,5)/q+1;/p-1. The number of hydrogen-bond acceptors (Lipinski definition) is 5. The highest BCUT2D eigenvalue weighted by molar-refractivity contribution is 5.41. The Bertz CT molecular complexity index is 634. The van der Waals surface area contributed by atoms with Gasteiger partial charge in [-0.3, -0.25) is 0 Å². The van der Waals surface area contributed by atoms with E-state index >= 15 is 0 Å². The maximum Gasteiger partial charge on any atom is 0.192 e. The van der Waals surface area contributed by atoms with E-state index in [0.29, 0.717) is 6.04 Å². The zero-order valence-electron chi connectivity index (χ0n) is 11.5. The molecule has 116 valence electrons. The van der Waals surface area contributed by atoms with Gasteiger partial charge in [0.05, 0.1) is 12.0 Å². The molecule has 2 bridgehead atoms. The molecule has 1 aromatic heterocycles. The predicted octanol–water partition coefficient (Wildman–Crippen LogP) is -2.98. The molecular weight excluding hydrogens is 310 g/mol. The Morgan fingerprint density at radius 1 is 0.955 bits per heavy atom. The molecule has 0 saturated heterocycles. The molecule has 0 saturated carbocycles. The lowest BCUT2D eigenvalue weighted by molar-refractivity contribution is -2.00. The fourth-order valence-corrected chi connectivity index (χ4v) is 3.43. The van der Waals surface area contributed by atoms with E-state index in [2.05, 4.69) is 53.2 Å². The molecule has 1 aliphatic carbocycles. The largest absolute Gasteiger partial charge is 0.392 e. The second-order valence-corrected chi connectivity index (χ2v) is 6.09. The molecule has 0 fully saturated rings. The van der Waals surface area contributed by atoms with Crippen LogP contribution in [0.2, 0.25) is 0 Å². The molecule has 2 aromatic rings. The number of aromatic nitrogens is 1. The summed E-state index contributed by atoms with van der Waals surface area (Å²) < 4.78 is 36.3. The number of benzene rings is 1. The average molecular weight is 324 g/mol. The molecule has 22 heavy (non-hydrogen) atoms. The van der Waals surface area contributed by atoms with Gasteiger partial charge < -0.3 is 5.11 Å². The van der Waals surface area contributed by atoms with Crippen molar-refractivity contribution in [1.29, 1.82) is 0 Å². The van der Waals surface area contributed by atoms with E-state index < -0.39 is 10.2 Å². The highest BCUT2D eigenvalue weighted by Gasteiger charge is 2.48. The van der Waals surface area contributed by atoms with E-state index in [9.17, 15) is 5.11 Å². The Kier molecular flexibility index (Phi) is 3.90. The molecule has 3 unspecified atom stereocenters. The summed E-state index contributed by atoms with van der Waals surface area (Å²) in [7, 11) is -4.94. The van der Waals surface area contributed by atoms with Crippen molar-refractivity contribution in [3.63, 3.8) is 0 Å². The first-order valence-corrected chi connectivity index (χ1v) is 7.98. The van der Waals surface area contributed by atoms with Gasteiger partial charge in [0.25, 0.3) is 0 Å². The van der Waals surface area contributed by atoms with Gasteiger partial charge in [-0.2, -0.15) is 4.57 Å². The van der Waals surface area contributed by atoms with Gasteiger partial charge in [0.15, 0.2) is 17.9 Å². The molecule has 3 atom stereocenters. The van der Waals surface area contributed by atoms with E-state index in [4.69, 9.17) is 18.6 Å². The van der Waals surface area contributed by atoms with Crippen LogP contribution in [-0.4, -0.2) is 11.2 Å². The van der Waals surface area contributed by atoms with E-state index in [1.54, 1.807) is 0 Å². The van der Waals surface area contributed by atoms with Gasteiger partial charge in [-0.05, 0) is 5.56 Å². The number of aliphatic hydroxyl groups excluding tert-OH is 1. The van der Waals surface area contributed by atoms with E-state index in [-0.39, 0.29) is 12.0 Å². The summed E-state index contributed by atoms with van der Waals surface area (Å²) in [5.74, 6) is 0.150. The lowest BCUT2D eigenvalue weighted by Gasteiger charge is -2.37. The Hall–Kier alpha value is -1.54. The van der Waals surface area contributed by atoms with Crippen molar-refractivity contribution in [2.75, 3.05) is 0 Å². The number of pyridine rings is 1. The summed E-state index contributed by atoms with van der Waals surface area (Å²) in [5, 5.41) is 10.3. The van der Waals surface area contributed by atoms with Crippen LogP contribution < -0.4 is 23.2 Å². The first kappa shape index (κ1) is 15.4. The molecule has 1 N–H and O–H groups in total. The normalized spacial score (nSPS) is 24.9. The topological polar surface area (TPSA) is 116 Å². The second kappa shape index (κ2) is 5.58. The van der Waals surface area contributed by atoms with Gasteiger partial charge in [-0.1, -0.05) is 30.3 Å². The molecule has 1 aromatic carbocycles. The van der Waals surface area contributed by atoms with Gasteiger partial charge >= 0.3 is 0 Å². The second-order valence-electron chi connectivity index (χ2n) is 5.34. The summed E-state index contributed by atoms with van der Waals surface area (Å²) in [6, 6.07) is 15.1. The summed E-state index contributed by atoms with van der Waals surface area (Å²) in [6.07, 6.45) is 2.73. The van der Waals surface area contributed by atoms with Crippen LogP contribution in [0, 0.1) is 10.2 Å². The van der Waals surface area contributed by atoms with Gasteiger partial charge in [0.1, 0.15) is 0 Å². The molecule has 5 rings (SSSR count). The van der Waals surface area contributed by atoms with Crippen LogP contribution in [0.3, 0.4) is 0 Å². The Balaban J connectivity index is 0.000000254. The predicted molar refractivity (Wildman–Crippen MR) is 63.7 cm³/mol. The molecule has 7 heteroatoms. The van der Waals surface area contributed by atoms with Crippen molar-refractivity contribution in [1.82, 2.24) is 0 Å². The average Bonchev–Trinajstić information content (AvgIpc) is 2.46. The molecule has 2 aliphatic heterocycles. The van der Waals surface area contributed by atoms with Gasteiger partial charge in [-0.25, -0.2) is 18.6 Å². The minimum absolute atomic E-state index is 0.150. The first-order valence-electron chi connectivity index (χ1n) is 6.75. The third-order valence-electron chi connectivity index (χ3n) is 4.12. The maximum atomic E-state index is 10.3. The van der Waals surface area contributed by atoms with Crippen molar-refractivity contribution in [3.8, 4) is 0 Å². The number of nitrogens with zero attached hydrogens (tertiary/aromatic N) is 1. The fourth-order valence-electron chi connectivity index (χ4n) is 3.43. The Labute approximate surface area is 129 Å². The van der Waals surface area contributed by atoms with Gasteiger partial charge in [0.2, 0.25) is 0 Å². The number of aliphatic hydroxyl groups is 1. The number of halogens is 1. The zero-order valence-corrected chi connectivity index (χ0v) is 12.2. The van der Waals surface area contributed by atoms with Crippen LogP contribution in [0.15, 0.2) is 48.7 Å². The highest BCUT2D eigenvalue weighted by atomic mass is 35.7. The van der Waals surface area contributed by atoms with Crippen molar-refractivity contribution < 1.29 is 38.6 Å². The third-order valence-corrected chi connectivity index (χ3v) is 4.12. The fraction of sp³-hybridized carbons (Fsp3) is 0.267. The van der Waals surface area contributed by atoms with Crippen LogP contribution in [0.25, 0.3) is 0 Å². The molecule has 3 aliphatic rings. The minimum atomic E-state index is -4.94. The molecular formula is C15H14ClNO5. The smallest absolute Gasteiger partial charge is 0.192 e. The van der Waals surface area contributed by atoms with E-state index in [1.165, 1.54) is 16.8 Å². The van der Waals surface area contributed by atoms with Crippen LogP contribution >= 0.6 is 0 Å². The number of hydrogen-bond donors (Lipinski definition) is 1. The SMILES string of the molecule is OC1CC2c3ccccc3C1c1cccc[n+]12.[O-][Cl+3]([O-])([O-])[O-]. The van der Waals surface area contributed by atoms with Crippen LogP contribution in [-0.2, 0) is 0 Å². The molecule has 0 amide bonds. The highest BCUT2D eigenvalue weighted by Crippen LogP contribution is 2.44. The lowest BCUT2D eigenvalue weighted by Crippen LogP contribution is -2.68. The maximum absolute atomic E-state index is 10.3. The van der Waals surface area contributed by atoms with Crippen molar-refractivity contribution in [3.05, 3.63) is 65.5 Å². The van der Waals surface area contributed by atoms with E-state index in [0.717, 1.165) is 6.42 Å². The van der Waals surface area contributed by atoms with Crippen LogP contribution in [0.5, 0.6) is 0 Å². The number of rotatable bonds is 0. The van der Waals surface area contributed by atoms with Gasteiger partial charge in [-0.15, -0.1) is 10.2 Å². The quantitative estimate of drug-likeness (QED) is 0.519. The van der Waals surface area contributed by atoms with E-state index in [1.807, 2.05) is 0 Å². The van der Waals surface area contributed by atoms with Crippen molar-refractivity contribution in [2.45, 2.75) is 24.5 Å². The van der Waals surface area contributed by atoms with Crippen molar-refractivity contribution >= 4 is 0 Å². The third kappa shape index (κ3) is 2.85. The van der Waals surface area contributed by atoms with Crippen molar-refractivity contribution in [2.24, 2.45) is 0 Å². The molecule has 0 spiro atoms. The Morgan fingerprint density at radius 3 is 2.23 bits per heavy atom. The molecule has 0 radical (unpaired) electrons. The van der Waals surface area contributed by atoms with Crippen LogP contribution in [0.1, 0.15) is 35.2 Å². The molecule has 6 nitrogen and oxygen atoms in total. The summed E-state index contributed by atoms with van der Waals surface area (Å²) in [4.78, 5) is 0. The Morgan fingerprint density at radius 2 is 1.55 bits per heavy atom. The zero-order chi connectivity index (χ0) is 15.9. The monoisotopic (exact) mass is 323 g/mol. The van der Waals surface area contributed by atoms with Gasteiger partial charge in [0, 0.05) is 24.1 Å². The van der Waals surface area contributed by atoms with Crippen LogP contribution in [0.4, 0.5) is 0 Å². The minimum Gasteiger partial charge on any atom is -0.392 e.